The number of piperazine rings is 1. The molecule has 1 atom stereocenters. The maximum absolute atomic E-state index is 5.72. The Labute approximate surface area is 138 Å². The van der Waals surface area contributed by atoms with Crippen molar-refractivity contribution in [1.29, 1.82) is 0 Å². The fourth-order valence-electron chi connectivity index (χ4n) is 3.07. The summed E-state index contributed by atoms with van der Waals surface area (Å²) in [5.41, 5.74) is 1.31. The van der Waals surface area contributed by atoms with Gasteiger partial charge in [-0.1, -0.05) is 12.1 Å². The first-order valence-electron chi connectivity index (χ1n) is 8.31. The van der Waals surface area contributed by atoms with Gasteiger partial charge in [0.05, 0.1) is 12.1 Å². The van der Waals surface area contributed by atoms with Gasteiger partial charge in [0.1, 0.15) is 11.6 Å². The molecule has 1 fully saturated rings. The molecule has 0 radical (unpaired) electrons. The van der Waals surface area contributed by atoms with Crippen molar-refractivity contribution in [3.63, 3.8) is 0 Å². The van der Waals surface area contributed by atoms with Gasteiger partial charge in [0.25, 0.3) is 0 Å². The summed E-state index contributed by atoms with van der Waals surface area (Å²) in [6.07, 6.45) is 4.10. The number of nitrogens with one attached hydrogen (secondary N) is 1. The summed E-state index contributed by atoms with van der Waals surface area (Å²) in [5.74, 6) is 2.06. The zero-order valence-electron chi connectivity index (χ0n) is 14.2. The second-order valence-electron chi connectivity index (χ2n) is 6.40. The van der Waals surface area contributed by atoms with Crippen molar-refractivity contribution in [2.45, 2.75) is 32.5 Å². The fourth-order valence-corrected chi connectivity index (χ4v) is 3.07. The third-order valence-electron chi connectivity index (χ3n) is 4.19. The van der Waals surface area contributed by atoms with Gasteiger partial charge in [-0.2, -0.15) is 0 Å². The van der Waals surface area contributed by atoms with Crippen LogP contribution in [-0.4, -0.2) is 40.2 Å². The number of benzene rings is 1. The quantitative estimate of drug-likeness (QED) is 0.920. The third kappa shape index (κ3) is 3.92. The molecule has 0 bridgehead atoms. The van der Waals surface area contributed by atoms with Crippen molar-refractivity contribution in [2.75, 3.05) is 19.6 Å². The van der Waals surface area contributed by atoms with Crippen LogP contribution < -0.4 is 10.1 Å². The first kappa shape index (κ1) is 16.0. The van der Waals surface area contributed by atoms with Crippen LogP contribution in [0, 0.1) is 0 Å². The van der Waals surface area contributed by atoms with Crippen molar-refractivity contribution in [1.82, 2.24) is 19.8 Å². The van der Waals surface area contributed by atoms with Gasteiger partial charge in [0.15, 0.2) is 0 Å². The smallest absolute Gasteiger partial charge is 0.127 e. The Kier molecular flexibility index (Phi) is 4.98. The summed E-state index contributed by atoms with van der Waals surface area (Å²) >= 11 is 0. The van der Waals surface area contributed by atoms with Crippen LogP contribution in [0.2, 0.25) is 0 Å². The summed E-state index contributed by atoms with van der Waals surface area (Å²) in [4.78, 5) is 7.04. The minimum absolute atomic E-state index is 0.210. The summed E-state index contributed by atoms with van der Waals surface area (Å²) in [6.45, 7) is 8.02. The number of rotatable bonds is 5. The van der Waals surface area contributed by atoms with E-state index in [1.165, 1.54) is 5.56 Å². The van der Waals surface area contributed by atoms with E-state index >= 15 is 0 Å². The van der Waals surface area contributed by atoms with Crippen molar-refractivity contribution in [3.8, 4) is 5.75 Å². The van der Waals surface area contributed by atoms with Crippen molar-refractivity contribution < 1.29 is 4.74 Å². The van der Waals surface area contributed by atoms with Gasteiger partial charge in [0, 0.05) is 45.6 Å². The fraction of sp³-hybridized carbons (Fsp3) is 0.500. The molecule has 1 aromatic carbocycles. The van der Waals surface area contributed by atoms with Crippen molar-refractivity contribution >= 4 is 0 Å². The molecule has 23 heavy (non-hydrogen) atoms. The molecule has 2 heterocycles. The van der Waals surface area contributed by atoms with Gasteiger partial charge in [-0.25, -0.2) is 4.98 Å². The molecule has 124 valence electrons. The lowest BCUT2D eigenvalue weighted by molar-refractivity contribution is 0.144. The van der Waals surface area contributed by atoms with Gasteiger partial charge in [-0.15, -0.1) is 0 Å². The number of hydrogen-bond acceptors (Lipinski definition) is 4. The predicted molar refractivity (Wildman–Crippen MR) is 91.4 cm³/mol. The van der Waals surface area contributed by atoms with Crippen LogP contribution in [-0.2, 0) is 13.6 Å². The topological polar surface area (TPSA) is 42.3 Å². The van der Waals surface area contributed by atoms with Crippen LogP contribution in [0.4, 0.5) is 0 Å². The van der Waals surface area contributed by atoms with Gasteiger partial charge >= 0.3 is 0 Å². The number of ether oxygens (including phenoxy) is 1. The highest BCUT2D eigenvalue weighted by molar-refractivity contribution is 5.27. The molecule has 1 unspecified atom stereocenters. The Morgan fingerprint density at radius 3 is 2.74 bits per heavy atom. The highest BCUT2D eigenvalue weighted by Crippen LogP contribution is 2.23. The van der Waals surface area contributed by atoms with Crippen molar-refractivity contribution in [3.05, 3.63) is 48.0 Å². The lowest BCUT2D eigenvalue weighted by Crippen LogP contribution is -2.46. The Morgan fingerprint density at radius 1 is 1.30 bits per heavy atom. The first-order valence-corrected chi connectivity index (χ1v) is 8.31. The summed E-state index contributed by atoms with van der Waals surface area (Å²) in [5, 5.41) is 3.48. The zero-order chi connectivity index (χ0) is 16.2. The molecule has 0 saturated carbocycles. The van der Waals surface area contributed by atoms with E-state index in [1.54, 1.807) is 0 Å². The number of imidazole rings is 1. The Bertz CT molecular complexity index is 620. The van der Waals surface area contributed by atoms with Crippen LogP contribution >= 0.6 is 0 Å². The molecular weight excluding hydrogens is 288 g/mol. The SMILES string of the molecule is CC(C)Oc1ccc(CN2CCNCC2c2nccn2C)cc1. The van der Waals surface area contributed by atoms with Crippen LogP contribution in [0.3, 0.4) is 0 Å². The number of hydrogen-bond donors (Lipinski definition) is 1. The lowest BCUT2D eigenvalue weighted by atomic mass is 10.1. The number of nitrogens with zero attached hydrogens (tertiary/aromatic N) is 3. The van der Waals surface area contributed by atoms with E-state index in [9.17, 15) is 0 Å². The summed E-state index contributed by atoms with van der Waals surface area (Å²) in [6, 6.07) is 8.76. The molecule has 2 aromatic rings. The highest BCUT2D eigenvalue weighted by Gasteiger charge is 2.26. The minimum Gasteiger partial charge on any atom is -0.491 e. The average molecular weight is 314 g/mol. The molecule has 5 heteroatoms. The van der Waals surface area contributed by atoms with Crippen LogP contribution in [0.1, 0.15) is 31.3 Å². The van der Waals surface area contributed by atoms with Crippen LogP contribution in [0.15, 0.2) is 36.7 Å². The molecule has 1 aromatic heterocycles. The Balaban J connectivity index is 1.71. The Morgan fingerprint density at radius 2 is 2.09 bits per heavy atom. The number of aromatic nitrogens is 2. The second-order valence-corrected chi connectivity index (χ2v) is 6.40. The molecule has 1 aliphatic heterocycles. The van der Waals surface area contributed by atoms with Crippen molar-refractivity contribution in [2.24, 2.45) is 7.05 Å². The van der Waals surface area contributed by atoms with Crippen LogP contribution in [0.25, 0.3) is 0 Å². The second kappa shape index (κ2) is 7.15. The standard InChI is InChI=1S/C18H26N4O/c1-14(2)23-16-6-4-15(5-7-16)13-22-11-8-19-12-17(22)18-20-9-10-21(18)3/h4-7,9-10,14,17,19H,8,11-13H2,1-3H3. The van der Waals surface area contributed by atoms with Gasteiger partial charge in [0.2, 0.25) is 0 Å². The molecule has 1 N–H and O–H groups in total. The normalized spacial score (nSPS) is 19.2. The van der Waals surface area contributed by atoms with E-state index in [-0.39, 0.29) is 6.10 Å². The molecule has 0 amide bonds. The third-order valence-corrected chi connectivity index (χ3v) is 4.19. The average Bonchev–Trinajstić information content (AvgIpc) is 2.95. The van der Waals surface area contributed by atoms with E-state index in [1.807, 2.05) is 26.2 Å². The molecule has 3 rings (SSSR count). The molecule has 5 nitrogen and oxygen atoms in total. The maximum Gasteiger partial charge on any atom is 0.127 e. The predicted octanol–water partition coefficient (Wildman–Crippen LogP) is 2.35. The molecular formula is C18H26N4O. The minimum atomic E-state index is 0.210. The van der Waals surface area contributed by atoms with Crippen LogP contribution in [0.5, 0.6) is 5.75 Å². The van der Waals surface area contributed by atoms with Gasteiger partial charge in [-0.05, 0) is 31.5 Å². The maximum atomic E-state index is 5.72. The molecule has 0 spiro atoms. The summed E-state index contributed by atoms with van der Waals surface area (Å²) < 4.78 is 7.83. The first-order chi connectivity index (χ1) is 11.1. The molecule has 1 saturated heterocycles. The van der Waals surface area contributed by atoms with E-state index < -0.39 is 0 Å². The van der Waals surface area contributed by atoms with E-state index in [4.69, 9.17) is 4.74 Å². The van der Waals surface area contributed by atoms with E-state index in [2.05, 4.69) is 51.1 Å². The Hall–Kier alpha value is -1.85. The molecule has 0 aliphatic carbocycles. The van der Waals surface area contributed by atoms with Gasteiger partial charge < -0.3 is 14.6 Å². The largest absolute Gasteiger partial charge is 0.491 e. The van der Waals surface area contributed by atoms with E-state index in [0.717, 1.165) is 37.8 Å². The zero-order valence-corrected chi connectivity index (χ0v) is 14.2. The van der Waals surface area contributed by atoms with E-state index in [0.29, 0.717) is 6.04 Å². The molecule has 1 aliphatic rings. The lowest BCUT2D eigenvalue weighted by Gasteiger charge is -2.35. The highest BCUT2D eigenvalue weighted by atomic mass is 16.5. The summed E-state index contributed by atoms with van der Waals surface area (Å²) in [7, 11) is 2.06. The van der Waals surface area contributed by atoms with Gasteiger partial charge in [-0.3, -0.25) is 4.90 Å². The number of aryl methyl sites for hydroxylation is 1. The monoisotopic (exact) mass is 314 g/mol.